The number of anilines is 1. The number of nitrogens with zero attached hydrogens (tertiary/aromatic N) is 4. The van der Waals surface area contributed by atoms with Gasteiger partial charge in [-0.25, -0.2) is 14.4 Å². The number of amides is 1. The monoisotopic (exact) mass is 448 g/mol. The average molecular weight is 449 g/mol. The zero-order valence-corrected chi connectivity index (χ0v) is 18.1. The van der Waals surface area contributed by atoms with E-state index in [0.717, 1.165) is 34.7 Å². The standard InChI is InChI=1S/C24H21FN4O2S/c25-17-7-9-18(10-8-17)28-11-13-29(14-12-28)22(30)16-32-24-19-4-1-2-5-20(19)26-23(27-24)21-6-3-15-31-21/h1-10,15H,11-14,16H2. The van der Waals surface area contributed by atoms with Crippen molar-refractivity contribution >= 4 is 34.3 Å². The third-order valence-corrected chi connectivity index (χ3v) is 6.44. The second-order valence-electron chi connectivity index (χ2n) is 7.48. The van der Waals surface area contributed by atoms with E-state index in [1.54, 1.807) is 24.5 Å². The summed E-state index contributed by atoms with van der Waals surface area (Å²) in [5.74, 6) is 1.25. The second kappa shape index (κ2) is 9.00. The van der Waals surface area contributed by atoms with E-state index in [9.17, 15) is 9.18 Å². The molecule has 1 aliphatic heterocycles. The van der Waals surface area contributed by atoms with Gasteiger partial charge in [-0.2, -0.15) is 0 Å². The number of para-hydroxylation sites is 1. The first kappa shape index (κ1) is 20.5. The predicted molar refractivity (Wildman–Crippen MR) is 123 cm³/mol. The average Bonchev–Trinajstić information content (AvgIpc) is 3.38. The van der Waals surface area contributed by atoms with Gasteiger partial charge in [-0.1, -0.05) is 30.0 Å². The van der Waals surface area contributed by atoms with E-state index in [1.165, 1.54) is 23.9 Å². The molecule has 32 heavy (non-hydrogen) atoms. The van der Waals surface area contributed by atoms with Crippen molar-refractivity contribution in [1.82, 2.24) is 14.9 Å². The molecule has 0 radical (unpaired) electrons. The Balaban J connectivity index is 1.26. The van der Waals surface area contributed by atoms with Crippen LogP contribution in [0.4, 0.5) is 10.1 Å². The molecule has 0 saturated carbocycles. The summed E-state index contributed by atoms with van der Waals surface area (Å²) in [6, 6.07) is 17.9. The molecule has 0 bridgehead atoms. The Morgan fingerprint density at radius 2 is 1.75 bits per heavy atom. The summed E-state index contributed by atoms with van der Waals surface area (Å²) in [7, 11) is 0. The highest BCUT2D eigenvalue weighted by Gasteiger charge is 2.22. The molecule has 0 atom stereocenters. The fourth-order valence-corrected chi connectivity index (χ4v) is 4.68. The molecule has 2 aromatic heterocycles. The number of carbonyl (C=O) groups excluding carboxylic acids is 1. The molecule has 0 spiro atoms. The Hall–Kier alpha value is -3.39. The molecule has 5 rings (SSSR count). The van der Waals surface area contributed by atoms with Crippen molar-refractivity contribution in [3.05, 3.63) is 72.7 Å². The second-order valence-corrected chi connectivity index (χ2v) is 8.44. The molecular formula is C24H21FN4O2S. The number of aromatic nitrogens is 2. The maximum atomic E-state index is 13.2. The number of halogens is 1. The number of fused-ring (bicyclic) bond motifs is 1. The predicted octanol–water partition coefficient (Wildman–Crippen LogP) is 4.47. The zero-order valence-electron chi connectivity index (χ0n) is 17.3. The van der Waals surface area contributed by atoms with Crippen LogP contribution in [0, 0.1) is 5.82 Å². The molecule has 2 aromatic carbocycles. The van der Waals surface area contributed by atoms with E-state index in [4.69, 9.17) is 4.42 Å². The molecule has 0 N–H and O–H groups in total. The van der Waals surface area contributed by atoms with Crippen LogP contribution in [0.2, 0.25) is 0 Å². The Kier molecular flexibility index (Phi) is 5.77. The third-order valence-electron chi connectivity index (χ3n) is 5.47. The summed E-state index contributed by atoms with van der Waals surface area (Å²) in [6.45, 7) is 2.72. The molecule has 1 amide bonds. The number of furan rings is 1. The highest BCUT2D eigenvalue weighted by Crippen LogP contribution is 2.29. The lowest BCUT2D eigenvalue weighted by Crippen LogP contribution is -2.49. The van der Waals surface area contributed by atoms with Crippen LogP contribution in [0.15, 0.2) is 76.4 Å². The van der Waals surface area contributed by atoms with E-state index in [-0.39, 0.29) is 11.7 Å². The molecule has 6 nitrogen and oxygen atoms in total. The summed E-state index contributed by atoms with van der Waals surface area (Å²) in [5.41, 5.74) is 1.79. The van der Waals surface area contributed by atoms with Gasteiger partial charge < -0.3 is 14.2 Å². The van der Waals surface area contributed by atoms with Crippen LogP contribution in [0.3, 0.4) is 0 Å². The van der Waals surface area contributed by atoms with Gasteiger partial charge in [-0.15, -0.1) is 0 Å². The summed E-state index contributed by atoms with van der Waals surface area (Å²) >= 11 is 1.42. The van der Waals surface area contributed by atoms with Crippen molar-refractivity contribution in [2.45, 2.75) is 5.03 Å². The summed E-state index contributed by atoms with van der Waals surface area (Å²) in [4.78, 5) is 26.2. The summed E-state index contributed by atoms with van der Waals surface area (Å²) < 4.78 is 18.6. The first-order valence-electron chi connectivity index (χ1n) is 10.4. The fourth-order valence-electron chi connectivity index (χ4n) is 3.76. The van der Waals surface area contributed by atoms with Gasteiger partial charge in [-0.3, -0.25) is 4.79 Å². The van der Waals surface area contributed by atoms with Gasteiger partial charge in [-0.05, 0) is 42.5 Å². The highest BCUT2D eigenvalue weighted by molar-refractivity contribution is 8.00. The van der Waals surface area contributed by atoms with E-state index >= 15 is 0 Å². The fraction of sp³-hybridized carbons (Fsp3) is 0.208. The first-order valence-corrected chi connectivity index (χ1v) is 11.4. The van der Waals surface area contributed by atoms with Gasteiger partial charge in [0.05, 0.1) is 17.5 Å². The maximum Gasteiger partial charge on any atom is 0.233 e. The minimum atomic E-state index is -0.243. The lowest BCUT2D eigenvalue weighted by atomic mass is 10.2. The minimum absolute atomic E-state index is 0.0796. The van der Waals surface area contributed by atoms with E-state index in [0.29, 0.717) is 30.4 Å². The van der Waals surface area contributed by atoms with E-state index < -0.39 is 0 Å². The molecule has 0 aliphatic carbocycles. The number of rotatable bonds is 5. The highest BCUT2D eigenvalue weighted by atomic mass is 32.2. The van der Waals surface area contributed by atoms with Crippen molar-refractivity contribution in [3.63, 3.8) is 0 Å². The van der Waals surface area contributed by atoms with Gasteiger partial charge in [0.15, 0.2) is 11.6 Å². The summed E-state index contributed by atoms with van der Waals surface area (Å²) in [6.07, 6.45) is 1.59. The van der Waals surface area contributed by atoms with Gasteiger partial charge in [0.2, 0.25) is 5.91 Å². The normalized spacial score (nSPS) is 14.2. The number of piperazine rings is 1. The van der Waals surface area contributed by atoms with Crippen molar-refractivity contribution in [1.29, 1.82) is 0 Å². The Morgan fingerprint density at radius 1 is 0.969 bits per heavy atom. The van der Waals surface area contributed by atoms with Crippen molar-refractivity contribution in [2.75, 3.05) is 36.8 Å². The minimum Gasteiger partial charge on any atom is -0.461 e. The molecule has 4 aromatic rings. The number of hydrogen-bond donors (Lipinski definition) is 0. The topological polar surface area (TPSA) is 62.5 Å². The number of carbonyl (C=O) groups is 1. The molecule has 1 aliphatic rings. The number of benzene rings is 2. The van der Waals surface area contributed by atoms with Crippen LogP contribution >= 0.6 is 11.8 Å². The molecular weight excluding hydrogens is 427 g/mol. The van der Waals surface area contributed by atoms with Crippen LogP contribution in [0.5, 0.6) is 0 Å². The van der Waals surface area contributed by atoms with E-state index in [1.807, 2.05) is 35.2 Å². The van der Waals surface area contributed by atoms with Crippen molar-refractivity contribution in [3.8, 4) is 11.6 Å². The lowest BCUT2D eigenvalue weighted by Gasteiger charge is -2.36. The van der Waals surface area contributed by atoms with Crippen molar-refractivity contribution in [2.24, 2.45) is 0 Å². The van der Waals surface area contributed by atoms with Crippen LogP contribution in [-0.4, -0.2) is 52.7 Å². The van der Waals surface area contributed by atoms with Gasteiger partial charge in [0, 0.05) is 37.3 Å². The molecule has 162 valence electrons. The van der Waals surface area contributed by atoms with E-state index in [2.05, 4.69) is 14.9 Å². The quantitative estimate of drug-likeness (QED) is 0.332. The molecule has 0 unspecified atom stereocenters. The first-order chi connectivity index (χ1) is 15.7. The number of hydrogen-bond acceptors (Lipinski definition) is 6. The largest absolute Gasteiger partial charge is 0.461 e. The zero-order chi connectivity index (χ0) is 21.9. The Bertz CT molecular complexity index is 1220. The summed E-state index contributed by atoms with van der Waals surface area (Å²) in [5, 5.41) is 1.68. The SMILES string of the molecule is O=C(CSc1nc(-c2ccco2)nc2ccccc12)N1CCN(c2ccc(F)cc2)CC1. The van der Waals surface area contributed by atoms with Crippen molar-refractivity contribution < 1.29 is 13.6 Å². The molecule has 1 fully saturated rings. The van der Waals surface area contributed by atoms with Gasteiger partial charge in [0.1, 0.15) is 10.8 Å². The molecule has 8 heteroatoms. The van der Waals surface area contributed by atoms with Crippen LogP contribution < -0.4 is 4.90 Å². The van der Waals surface area contributed by atoms with Crippen LogP contribution in [0.25, 0.3) is 22.5 Å². The van der Waals surface area contributed by atoms with Gasteiger partial charge in [0.25, 0.3) is 0 Å². The smallest absolute Gasteiger partial charge is 0.233 e. The van der Waals surface area contributed by atoms with Gasteiger partial charge >= 0.3 is 0 Å². The van der Waals surface area contributed by atoms with Crippen LogP contribution in [-0.2, 0) is 4.79 Å². The molecule has 1 saturated heterocycles. The lowest BCUT2D eigenvalue weighted by molar-refractivity contribution is -0.128. The molecule has 3 heterocycles. The Morgan fingerprint density at radius 3 is 2.50 bits per heavy atom. The third kappa shape index (κ3) is 4.31. The maximum absolute atomic E-state index is 13.2. The number of thioether (sulfide) groups is 1. The Labute approximate surface area is 189 Å². The van der Waals surface area contributed by atoms with Crippen LogP contribution in [0.1, 0.15) is 0 Å².